The lowest BCUT2D eigenvalue weighted by Crippen LogP contribution is -2.39. The predicted octanol–water partition coefficient (Wildman–Crippen LogP) is 5.14. The topological polar surface area (TPSA) is 12.0 Å². The van der Waals surface area contributed by atoms with Crippen molar-refractivity contribution >= 4 is 21.6 Å². The third-order valence-electron chi connectivity index (χ3n) is 4.03. The molecular formula is C15H22BrN. The molecule has 1 N–H and O–H groups in total. The normalized spacial score (nSPS) is 23.4. The second-order valence-electron chi connectivity index (χ2n) is 5.87. The van der Waals surface area contributed by atoms with Crippen LogP contribution >= 0.6 is 15.9 Å². The maximum absolute atomic E-state index is 3.73. The lowest BCUT2D eigenvalue weighted by molar-refractivity contribution is 0.217. The molecule has 0 bridgehead atoms. The maximum atomic E-state index is 3.73. The maximum Gasteiger partial charge on any atom is 0.0489 e. The van der Waals surface area contributed by atoms with Crippen molar-refractivity contribution in [2.45, 2.75) is 52.5 Å². The van der Waals surface area contributed by atoms with E-state index in [1.807, 2.05) is 0 Å². The van der Waals surface area contributed by atoms with E-state index in [1.165, 1.54) is 41.4 Å². The molecule has 1 aromatic rings. The third-order valence-corrected chi connectivity index (χ3v) is 5.08. The third kappa shape index (κ3) is 2.85. The van der Waals surface area contributed by atoms with Gasteiger partial charge >= 0.3 is 0 Å². The van der Waals surface area contributed by atoms with Crippen LogP contribution in [0.5, 0.6) is 0 Å². The van der Waals surface area contributed by atoms with Crippen LogP contribution in [0.3, 0.4) is 0 Å². The van der Waals surface area contributed by atoms with Crippen LogP contribution in [0.4, 0.5) is 5.69 Å². The van der Waals surface area contributed by atoms with Crippen molar-refractivity contribution in [2.75, 3.05) is 5.32 Å². The average molecular weight is 296 g/mol. The van der Waals surface area contributed by atoms with E-state index >= 15 is 0 Å². The molecule has 0 aliphatic heterocycles. The summed E-state index contributed by atoms with van der Waals surface area (Å²) >= 11 is 3.68. The van der Waals surface area contributed by atoms with Crippen LogP contribution in [0.15, 0.2) is 22.7 Å². The van der Waals surface area contributed by atoms with Gasteiger partial charge in [-0.15, -0.1) is 0 Å². The molecule has 0 heterocycles. The number of nitrogens with one attached hydrogen (secondary N) is 1. The monoisotopic (exact) mass is 295 g/mol. The molecule has 1 aliphatic rings. The lowest BCUT2D eigenvalue weighted by atomic mass is 9.73. The fourth-order valence-corrected chi connectivity index (χ4v) is 3.09. The summed E-state index contributed by atoms with van der Waals surface area (Å²) in [6, 6.07) is 7.02. The van der Waals surface area contributed by atoms with E-state index in [0.29, 0.717) is 11.5 Å². The van der Waals surface area contributed by atoms with Crippen LogP contribution < -0.4 is 5.32 Å². The zero-order valence-corrected chi connectivity index (χ0v) is 12.6. The number of hydrogen-bond acceptors (Lipinski definition) is 1. The van der Waals surface area contributed by atoms with E-state index in [1.54, 1.807) is 0 Å². The van der Waals surface area contributed by atoms with Gasteiger partial charge in [-0.25, -0.2) is 0 Å². The fraction of sp³-hybridized carbons (Fsp3) is 0.600. The number of halogens is 1. The van der Waals surface area contributed by atoms with Gasteiger partial charge in [-0.1, -0.05) is 38.8 Å². The van der Waals surface area contributed by atoms with Crippen molar-refractivity contribution in [3.8, 4) is 0 Å². The zero-order chi connectivity index (χ0) is 12.5. The summed E-state index contributed by atoms with van der Waals surface area (Å²) in [4.78, 5) is 0. The number of aryl methyl sites for hydroxylation is 1. The van der Waals surface area contributed by atoms with Crippen LogP contribution in [0.1, 0.15) is 45.1 Å². The molecule has 2 heteroatoms. The summed E-state index contributed by atoms with van der Waals surface area (Å²) < 4.78 is 1.21. The molecule has 0 radical (unpaired) electrons. The average Bonchev–Trinajstić information content (AvgIpc) is 2.27. The molecule has 2 rings (SSSR count). The summed E-state index contributed by atoms with van der Waals surface area (Å²) in [6.45, 7) is 6.91. The minimum atomic E-state index is 0.404. The van der Waals surface area contributed by atoms with Gasteiger partial charge in [0.25, 0.3) is 0 Å². The lowest BCUT2D eigenvalue weighted by Gasteiger charge is -2.40. The highest BCUT2D eigenvalue weighted by molar-refractivity contribution is 9.10. The van der Waals surface area contributed by atoms with Gasteiger partial charge in [0.05, 0.1) is 0 Å². The molecule has 1 nitrogen and oxygen atoms in total. The van der Waals surface area contributed by atoms with Crippen molar-refractivity contribution in [2.24, 2.45) is 5.41 Å². The van der Waals surface area contributed by atoms with Gasteiger partial charge in [0.1, 0.15) is 0 Å². The van der Waals surface area contributed by atoms with Gasteiger partial charge in [-0.2, -0.15) is 0 Å². The van der Waals surface area contributed by atoms with Gasteiger partial charge in [-0.3, -0.25) is 0 Å². The van der Waals surface area contributed by atoms with E-state index in [2.05, 4.69) is 60.2 Å². The standard InChI is InChI=1S/C15H22BrN/c1-11-7-6-8-12(14(11)16)17-13-9-4-5-10-15(13,2)3/h6-8,13,17H,4-5,9-10H2,1-3H3. The largest absolute Gasteiger partial charge is 0.381 e. The number of benzene rings is 1. The molecule has 1 unspecified atom stereocenters. The second-order valence-corrected chi connectivity index (χ2v) is 6.66. The Morgan fingerprint density at radius 2 is 2.06 bits per heavy atom. The summed E-state index contributed by atoms with van der Waals surface area (Å²) in [5, 5.41) is 3.73. The Hall–Kier alpha value is -0.500. The van der Waals surface area contributed by atoms with E-state index in [-0.39, 0.29) is 0 Å². The Bertz CT molecular complexity index is 398. The Morgan fingerprint density at radius 1 is 1.29 bits per heavy atom. The van der Waals surface area contributed by atoms with Gasteiger partial charge in [-0.05, 0) is 52.7 Å². The van der Waals surface area contributed by atoms with Crippen molar-refractivity contribution in [1.29, 1.82) is 0 Å². The van der Waals surface area contributed by atoms with Gasteiger partial charge in [0.2, 0.25) is 0 Å². The number of rotatable bonds is 2. The highest BCUT2D eigenvalue weighted by atomic mass is 79.9. The molecule has 17 heavy (non-hydrogen) atoms. The van der Waals surface area contributed by atoms with Crippen LogP contribution in [0.25, 0.3) is 0 Å². The summed E-state index contributed by atoms with van der Waals surface area (Å²) in [5.74, 6) is 0. The summed E-state index contributed by atoms with van der Waals surface area (Å²) in [7, 11) is 0. The molecule has 0 amide bonds. The Kier molecular flexibility index (Phi) is 3.82. The molecule has 1 aromatic carbocycles. The van der Waals surface area contributed by atoms with Crippen molar-refractivity contribution in [1.82, 2.24) is 0 Å². The second kappa shape index (κ2) is 5.01. The Labute approximate surface area is 113 Å². The molecule has 0 saturated heterocycles. The minimum Gasteiger partial charge on any atom is -0.381 e. The SMILES string of the molecule is Cc1cccc(NC2CCCCC2(C)C)c1Br. The van der Waals surface area contributed by atoms with E-state index < -0.39 is 0 Å². The molecular weight excluding hydrogens is 274 g/mol. The van der Waals surface area contributed by atoms with Crippen LogP contribution in [-0.2, 0) is 0 Å². The van der Waals surface area contributed by atoms with E-state index in [0.717, 1.165) is 0 Å². The quantitative estimate of drug-likeness (QED) is 0.797. The molecule has 1 fully saturated rings. The van der Waals surface area contributed by atoms with E-state index in [4.69, 9.17) is 0 Å². The Balaban J connectivity index is 2.17. The van der Waals surface area contributed by atoms with Gasteiger partial charge in [0, 0.05) is 16.2 Å². The van der Waals surface area contributed by atoms with E-state index in [9.17, 15) is 0 Å². The summed E-state index contributed by atoms with van der Waals surface area (Å²) in [5.41, 5.74) is 2.94. The smallest absolute Gasteiger partial charge is 0.0489 e. The molecule has 94 valence electrons. The molecule has 1 atom stereocenters. The molecule has 1 aliphatic carbocycles. The van der Waals surface area contributed by atoms with Crippen molar-refractivity contribution in [3.05, 3.63) is 28.2 Å². The first kappa shape index (κ1) is 12.9. The minimum absolute atomic E-state index is 0.404. The molecule has 1 saturated carbocycles. The highest BCUT2D eigenvalue weighted by Gasteiger charge is 2.32. The Morgan fingerprint density at radius 3 is 2.76 bits per heavy atom. The van der Waals surface area contributed by atoms with Crippen LogP contribution in [-0.4, -0.2) is 6.04 Å². The van der Waals surface area contributed by atoms with Crippen LogP contribution in [0.2, 0.25) is 0 Å². The van der Waals surface area contributed by atoms with Crippen molar-refractivity contribution in [3.63, 3.8) is 0 Å². The summed E-state index contributed by atoms with van der Waals surface area (Å²) in [6.07, 6.45) is 5.34. The van der Waals surface area contributed by atoms with Gasteiger partial charge < -0.3 is 5.32 Å². The zero-order valence-electron chi connectivity index (χ0n) is 11.0. The predicted molar refractivity (Wildman–Crippen MR) is 78.5 cm³/mol. The molecule has 0 spiro atoms. The first-order chi connectivity index (χ1) is 8.00. The van der Waals surface area contributed by atoms with Gasteiger partial charge in [0.15, 0.2) is 0 Å². The first-order valence-electron chi connectivity index (χ1n) is 6.52. The highest BCUT2D eigenvalue weighted by Crippen LogP contribution is 2.38. The fourth-order valence-electron chi connectivity index (χ4n) is 2.71. The van der Waals surface area contributed by atoms with Crippen LogP contribution in [0, 0.1) is 12.3 Å². The first-order valence-corrected chi connectivity index (χ1v) is 7.32. The number of hydrogen-bond donors (Lipinski definition) is 1. The number of anilines is 1. The van der Waals surface area contributed by atoms with Crippen molar-refractivity contribution < 1.29 is 0 Å². The molecule has 0 aromatic heterocycles.